The average Bonchev–Trinajstić information content (AvgIpc) is 2.92. The standard InChI is InChI=1S/C27H33N7O2/c1-2-12-31-26(36)27(10-11-28)9-3-15-32(21-27)20-24(35)34-18-16-33(17-19-34)23-7-5-22(6-8-23)25-29-13-4-14-30-25/h2,4-8,12-14H,3,9-10,15-21H2,1H3,(H,31,36)/b12-2+. The van der Waals surface area contributed by atoms with Crippen molar-refractivity contribution in [3.8, 4) is 17.5 Å². The molecule has 2 saturated heterocycles. The fraction of sp³-hybridized carbons (Fsp3) is 0.444. The van der Waals surface area contributed by atoms with Gasteiger partial charge in [-0.2, -0.15) is 5.26 Å². The predicted molar refractivity (Wildman–Crippen MR) is 138 cm³/mol. The Hall–Kier alpha value is -3.77. The van der Waals surface area contributed by atoms with Crippen molar-refractivity contribution in [3.63, 3.8) is 0 Å². The molecule has 1 aromatic heterocycles. The molecule has 0 radical (unpaired) electrons. The second-order valence-electron chi connectivity index (χ2n) is 9.39. The number of likely N-dealkylation sites (tertiary alicyclic amines) is 1. The van der Waals surface area contributed by atoms with Crippen LogP contribution in [0.3, 0.4) is 0 Å². The Morgan fingerprint density at radius 3 is 2.50 bits per heavy atom. The van der Waals surface area contributed by atoms with E-state index in [0.29, 0.717) is 31.9 Å². The molecule has 2 fully saturated rings. The lowest BCUT2D eigenvalue weighted by atomic mass is 9.76. The molecule has 1 N–H and O–H groups in total. The molecule has 36 heavy (non-hydrogen) atoms. The van der Waals surface area contributed by atoms with Gasteiger partial charge in [0.1, 0.15) is 0 Å². The van der Waals surface area contributed by atoms with Gasteiger partial charge in [-0.15, -0.1) is 0 Å². The molecular weight excluding hydrogens is 454 g/mol. The SMILES string of the molecule is C/C=C/NC(=O)C1(CC#N)CCCN(CC(=O)N2CCN(c3ccc(-c4ncccn4)cc3)CC2)C1. The number of anilines is 1. The van der Waals surface area contributed by atoms with Crippen molar-refractivity contribution < 1.29 is 9.59 Å². The molecule has 2 amide bonds. The van der Waals surface area contributed by atoms with Gasteiger partial charge in [0.25, 0.3) is 0 Å². The summed E-state index contributed by atoms with van der Waals surface area (Å²) in [4.78, 5) is 40.7. The van der Waals surface area contributed by atoms with E-state index >= 15 is 0 Å². The highest BCUT2D eigenvalue weighted by Gasteiger charge is 2.42. The number of piperazine rings is 1. The molecule has 0 aliphatic carbocycles. The van der Waals surface area contributed by atoms with E-state index in [1.807, 2.05) is 28.9 Å². The molecule has 9 nitrogen and oxygen atoms in total. The number of allylic oxidation sites excluding steroid dienone is 1. The fourth-order valence-electron chi connectivity index (χ4n) is 5.01. The third-order valence-corrected chi connectivity index (χ3v) is 6.98. The molecule has 1 atom stereocenters. The molecule has 4 rings (SSSR count). The van der Waals surface area contributed by atoms with Gasteiger partial charge in [-0.25, -0.2) is 9.97 Å². The second-order valence-corrected chi connectivity index (χ2v) is 9.39. The summed E-state index contributed by atoms with van der Waals surface area (Å²) in [6, 6.07) is 12.2. The molecule has 9 heteroatoms. The van der Waals surface area contributed by atoms with Crippen molar-refractivity contribution >= 4 is 17.5 Å². The first-order chi connectivity index (χ1) is 17.5. The van der Waals surface area contributed by atoms with Crippen molar-refractivity contribution in [2.24, 2.45) is 5.41 Å². The Labute approximate surface area is 212 Å². The van der Waals surface area contributed by atoms with Gasteiger partial charge in [-0.05, 0) is 62.8 Å². The molecule has 3 heterocycles. The van der Waals surface area contributed by atoms with E-state index in [2.05, 4.69) is 38.4 Å². The topological polar surface area (TPSA) is 105 Å². The predicted octanol–water partition coefficient (Wildman–Crippen LogP) is 2.44. The van der Waals surface area contributed by atoms with Crippen LogP contribution in [0.2, 0.25) is 0 Å². The molecule has 2 aliphatic heterocycles. The average molecular weight is 488 g/mol. The van der Waals surface area contributed by atoms with Crippen molar-refractivity contribution in [1.29, 1.82) is 5.26 Å². The monoisotopic (exact) mass is 487 g/mol. The van der Waals surface area contributed by atoms with Gasteiger partial charge in [0, 0.05) is 56.4 Å². The molecule has 2 aliphatic rings. The van der Waals surface area contributed by atoms with Crippen molar-refractivity contribution in [1.82, 2.24) is 25.1 Å². The molecule has 188 valence electrons. The number of nitrogens with zero attached hydrogens (tertiary/aromatic N) is 6. The fourth-order valence-corrected chi connectivity index (χ4v) is 5.01. The second kappa shape index (κ2) is 11.8. The number of rotatable bonds is 7. The highest BCUT2D eigenvalue weighted by atomic mass is 16.2. The number of carbonyl (C=O) groups excluding carboxylic acids is 2. The third-order valence-electron chi connectivity index (χ3n) is 6.98. The Kier molecular flexibility index (Phi) is 8.28. The van der Waals surface area contributed by atoms with Gasteiger partial charge in [-0.1, -0.05) is 6.08 Å². The van der Waals surface area contributed by atoms with E-state index in [4.69, 9.17) is 0 Å². The molecule has 0 spiro atoms. The summed E-state index contributed by atoms with van der Waals surface area (Å²) in [7, 11) is 0. The van der Waals surface area contributed by atoms with Crippen LogP contribution in [0, 0.1) is 16.7 Å². The summed E-state index contributed by atoms with van der Waals surface area (Å²) in [5.41, 5.74) is 1.32. The molecular formula is C27H33N7O2. The molecule has 0 bridgehead atoms. The van der Waals surface area contributed by atoms with E-state index in [9.17, 15) is 14.9 Å². The van der Waals surface area contributed by atoms with Crippen LogP contribution in [-0.2, 0) is 9.59 Å². The first-order valence-electron chi connectivity index (χ1n) is 12.5. The Morgan fingerprint density at radius 1 is 1.11 bits per heavy atom. The number of nitriles is 1. The van der Waals surface area contributed by atoms with Gasteiger partial charge in [-0.3, -0.25) is 14.5 Å². The maximum absolute atomic E-state index is 13.1. The van der Waals surface area contributed by atoms with Crippen LogP contribution in [0.5, 0.6) is 0 Å². The normalized spacial score (nSPS) is 20.8. The Bertz CT molecular complexity index is 1110. The largest absolute Gasteiger partial charge is 0.368 e. The number of benzene rings is 1. The van der Waals surface area contributed by atoms with Crippen LogP contribution in [0.1, 0.15) is 26.2 Å². The van der Waals surface area contributed by atoms with Gasteiger partial charge >= 0.3 is 0 Å². The van der Waals surface area contributed by atoms with E-state index in [1.165, 1.54) is 0 Å². The lowest BCUT2D eigenvalue weighted by Crippen LogP contribution is -2.55. The lowest BCUT2D eigenvalue weighted by molar-refractivity contribution is -0.138. The Balaban J connectivity index is 1.31. The van der Waals surface area contributed by atoms with E-state index in [-0.39, 0.29) is 24.8 Å². The number of hydrogen-bond acceptors (Lipinski definition) is 7. The van der Waals surface area contributed by atoms with Crippen LogP contribution < -0.4 is 10.2 Å². The highest BCUT2D eigenvalue weighted by molar-refractivity contribution is 5.84. The number of piperidine rings is 1. The van der Waals surface area contributed by atoms with Crippen molar-refractivity contribution in [2.45, 2.75) is 26.2 Å². The minimum absolute atomic E-state index is 0.0767. The highest BCUT2D eigenvalue weighted by Crippen LogP contribution is 2.34. The molecule has 2 aromatic rings. The van der Waals surface area contributed by atoms with Crippen LogP contribution in [0.25, 0.3) is 11.4 Å². The summed E-state index contributed by atoms with van der Waals surface area (Å²) in [5, 5.41) is 12.2. The lowest BCUT2D eigenvalue weighted by Gasteiger charge is -2.41. The zero-order valence-electron chi connectivity index (χ0n) is 20.8. The zero-order chi connectivity index (χ0) is 25.4. The van der Waals surface area contributed by atoms with Crippen LogP contribution in [-0.4, -0.2) is 77.4 Å². The molecule has 0 saturated carbocycles. The Morgan fingerprint density at radius 2 is 1.83 bits per heavy atom. The quantitative estimate of drug-likeness (QED) is 0.639. The number of carbonyl (C=O) groups is 2. The first kappa shape index (κ1) is 25.3. The summed E-state index contributed by atoms with van der Waals surface area (Å²) < 4.78 is 0. The summed E-state index contributed by atoms with van der Waals surface area (Å²) in [6.07, 6.45) is 8.42. The van der Waals surface area contributed by atoms with E-state index in [0.717, 1.165) is 37.3 Å². The van der Waals surface area contributed by atoms with Crippen molar-refractivity contribution in [3.05, 3.63) is 55.0 Å². The summed E-state index contributed by atoms with van der Waals surface area (Å²) in [6.45, 7) is 6.12. The molecule has 1 unspecified atom stereocenters. The van der Waals surface area contributed by atoms with Crippen molar-refractivity contribution in [2.75, 3.05) is 50.7 Å². The van der Waals surface area contributed by atoms with Gasteiger partial charge in [0.2, 0.25) is 11.8 Å². The number of nitrogens with one attached hydrogen (secondary N) is 1. The minimum Gasteiger partial charge on any atom is -0.368 e. The first-order valence-corrected chi connectivity index (χ1v) is 12.5. The maximum Gasteiger partial charge on any atom is 0.236 e. The summed E-state index contributed by atoms with van der Waals surface area (Å²) >= 11 is 0. The van der Waals surface area contributed by atoms with E-state index < -0.39 is 5.41 Å². The van der Waals surface area contributed by atoms with Crippen LogP contribution in [0.15, 0.2) is 55.0 Å². The maximum atomic E-state index is 13.1. The van der Waals surface area contributed by atoms with Gasteiger partial charge in [0.05, 0.1) is 24.4 Å². The third kappa shape index (κ3) is 5.89. The van der Waals surface area contributed by atoms with Gasteiger partial charge in [0.15, 0.2) is 5.82 Å². The molecule has 1 aromatic carbocycles. The van der Waals surface area contributed by atoms with Gasteiger partial charge < -0.3 is 15.1 Å². The van der Waals surface area contributed by atoms with E-state index in [1.54, 1.807) is 30.7 Å². The number of hydrogen-bond donors (Lipinski definition) is 1. The van der Waals surface area contributed by atoms with Crippen LogP contribution in [0.4, 0.5) is 5.69 Å². The zero-order valence-corrected chi connectivity index (χ0v) is 20.8. The smallest absolute Gasteiger partial charge is 0.236 e. The number of aromatic nitrogens is 2. The summed E-state index contributed by atoms with van der Waals surface area (Å²) in [5.74, 6) is 0.640. The number of amides is 2. The van der Waals surface area contributed by atoms with Crippen LogP contribution >= 0.6 is 0 Å². The minimum atomic E-state index is -0.775.